The first-order valence-corrected chi connectivity index (χ1v) is 6.91. The fourth-order valence-corrected chi connectivity index (χ4v) is 3.03. The van der Waals surface area contributed by atoms with Crippen molar-refractivity contribution in [1.29, 1.82) is 0 Å². The third kappa shape index (κ3) is 2.83. The number of thioether (sulfide) groups is 1. The van der Waals surface area contributed by atoms with Crippen molar-refractivity contribution in [2.24, 2.45) is 5.73 Å². The standard InChI is InChI=1S/C10H9N3O4S2/c11-1-2-12-9(14)7(19-10(12)15)3-6-4-8(13(16)17)18-5-6/h3-5H,1-2,11H2/b7-3-. The van der Waals surface area contributed by atoms with E-state index < -0.39 is 10.8 Å². The lowest BCUT2D eigenvalue weighted by molar-refractivity contribution is -0.380. The van der Waals surface area contributed by atoms with Crippen molar-refractivity contribution in [1.82, 2.24) is 4.90 Å². The van der Waals surface area contributed by atoms with Gasteiger partial charge in [-0.1, -0.05) is 11.3 Å². The first-order valence-electron chi connectivity index (χ1n) is 5.21. The molecule has 2 heterocycles. The normalized spacial score (nSPS) is 17.5. The van der Waals surface area contributed by atoms with Gasteiger partial charge in [0.05, 0.1) is 9.83 Å². The second kappa shape index (κ2) is 5.51. The molecule has 7 nitrogen and oxygen atoms in total. The molecule has 0 bridgehead atoms. The summed E-state index contributed by atoms with van der Waals surface area (Å²) in [6.45, 7) is 0.376. The summed E-state index contributed by atoms with van der Waals surface area (Å²) in [5, 5.41) is 11.7. The molecule has 1 saturated heterocycles. The Bertz CT molecular complexity index is 581. The molecule has 0 unspecified atom stereocenters. The van der Waals surface area contributed by atoms with Crippen LogP contribution >= 0.6 is 23.1 Å². The third-order valence-electron chi connectivity index (χ3n) is 2.31. The maximum atomic E-state index is 11.9. The Hall–Kier alpha value is -1.71. The summed E-state index contributed by atoms with van der Waals surface area (Å²) in [7, 11) is 0. The Morgan fingerprint density at radius 1 is 1.47 bits per heavy atom. The number of amides is 2. The van der Waals surface area contributed by atoms with Crippen molar-refractivity contribution in [2.45, 2.75) is 0 Å². The first kappa shape index (κ1) is 13.7. The van der Waals surface area contributed by atoms with Crippen LogP contribution < -0.4 is 5.73 Å². The Morgan fingerprint density at radius 3 is 2.79 bits per heavy atom. The number of hydrogen-bond acceptors (Lipinski definition) is 7. The predicted molar refractivity (Wildman–Crippen MR) is 72.7 cm³/mol. The summed E-state index contributed by atoms with van der Waals surface area (Å²) in [4.78, 5) is 34.8. The number of nitrogens with zero attached hydrogens (tertiary/aromatic N) is 2. The molecule has 0 aliphatic carbocycles. The molecule has 9 heteroatoms. The highest BCUT2D eigenvalue weighted by Crippen LogP contribution is 2.33. The van der Waals surface area contributed by atoms with E-state index in [1.54, 1.807) is 5.38 Å². The molecule has 0 saturated carbocycles. The van der Waals surface area contributed by atoms with Crippen molar-refractivity contribution in [3.8, 4) is 0 Å². The maximum Gasteiger partial charge on any atom is 0.324 e. The van der Waals surface area contributed by atoms with Crippen LogP contribution in [0.4, 0.5) is 9.80 Å². The van der Waals surface area contributed by atoms with Gasteiger partial charge in [0.25, 0.3) is 11.1 Å². The van der Waals surface area contributed by atoms with Gasteiger partial charge in [0, 0.05) is 24.5 Å². The predicted octanol–water partition coefficient (Wildman–Crippen LogP) is 1.65. The van der Waals surface area contributed by atoms with Crippen LogP contribution in [-0.4, -0.2) is 34.1 Å². The van der Waals surface area contributed by atoms with E-state index in [-0.39, 0.29) is 28.2 Å². The van der Waals surface area contributed by atoms with Gasteiger partial charge in [-0.3, -0.25) is 24.6 Å². The van der Waals surface area contributed by atoms with Crippen molar-refractivity contribution in [2.75, 3.05) is 13.1 Å². The van der Waals surface area contributed by atoms with E-state index in [2.05, 4.69) is 0 Å². The monoisotopic (exact) mass is 299 g/mol. The molecule has 1 aliphatic rings. The fraction of sp³-hybridized carbons (Fsp3) is 0.200. The number of thiophene rings is 1. The summed E-state index contributed by atoms with van der Waals surface area (Å²) in [6.07, 6.45) is 1.48. The zero-order valence-electron chi connectivity index (χ0n) is 9.57. The van der Waals surface area contributed by atoms with Gasteiger partial charge < -0.3 is 5.73 Å². The summed E-state index contributed by atoms with van der Waals surface area (Å²) in [5.41, 5.74) is 5.86. The molecule has 0 spiro atoms. The highest BCUT2D eigenvalue weighted by atomic mass is 32.2. The third-order valence-corrected chi connectivity index (χ3v) is 4.12. The van der Waals surface area contributed by atoms with E-state index in [0.29, 0.717) is 5.56 Å². The zero-order chi connectivity index (χ0) is 14.0. The number of nitrogens with two attached hydrogens (primary N) is 1. The van der Waals surface area contributed by atoms with E-state index in [9.17, 15) is 19.7 Å². The molecule has 2 rings (SSSR count). The number of nitro groups is 1. The molecule has 1 aromatic heterocycles. The lowest BCUT2D eigenvalue weighted by atomic mass is 10.3. The highest BCUT2D eigenvalue weighted by Gasteiger charge is 2.34. The van der Waals surface area contributed by atoms with Gasteiger partial charge in [-0.05, 0) is 23.4 Å². The van der Waals surface area contributed by atoms with Gasteiger partial charge in [0.2, 0.25) is 0 Å². The Labute approximate surface area is 116 Å². The first-order chi connectivity index (χ1) is 9.02. The van der Waals surface area contributed by atoms with Crippen LogP contribution in [-0.2, 0) is 4.79 Å². The van der Waals surface area contributed by atoms with Crippen LogP contribution in [0, 0.1) is 10.1 Å². The van der Waals surface area contributed by atoms with Crippen LogP contribution in [0.2, 0.25) is 0 Å². The lowest BCUT2D eigenvalue weighted by Crippen LogP contribution is -2.33. The van der Waals surface area contributed by atoms with Crippen molar-refractivity contribution in [3.63, 3.8) is 0 Å². The van der Waals surface area contributed by atoms with Gasteiger partial charge in [-0.15, -0.1) is 0 Å². The van der Waals surface area contributed by atoms with Crippen LogP contribution in [0.25, 0.3) is 6.08 Å². The Morgan fingerprint density at radius 2 is 2.21 bits per heavy atom. The molecule has 0 aromatic carbocycles. The van der Waals surface area contributed by atoms with Gasteiger partial charge in [0.1, 0.15) is 0 Å². The molecule has 0 atom stereocenters. The molecule has 1 aliphatic heterocycles. The van der Waals surface area contributed by atoms with Crippen LogP contribution in [0.1, 0.15) is 5.56 Å². The molecule has 100 valence electrons. The minimum Gasteiger partial charge on any atom is -0.329 e. The minimum absolute atomic E-state index is 0.00700. The summed E-state index contributed by atoms with van der Waals surface area (Å²) >= 11 is 1.78. The topological polar surface area (TPSA) is 107 Å². The molecular formula is C10H9N3O4S2. The van der Waals surface area contributed by atoms with Gasteiger partial charge in [0.15, 0.2) is 0 Å². The molecule has 0 radical (unpaired) electrons. The maximum absolute atomic E-state index is 11.9. The van der Waals surface area contributed by atoms with Crippen LogP contribution in [0.3, 0.4) is 0 Å². The van der Waals surface area contributed by atoms with E-state index in [4.69, 9.17) is 5.73 Å². The van der Waals surface area contributed by atoms with Crippen molar-refractivity contribution in [3.05, 3.63) is 32.0 Å². The summed E-state index contributed by atoms with van der Waals surface area (Å²) in [6, 6.07) is 1.36. The zero-order valence-corrected chi connectivity index (χ0v) is 11.2. The van der Waals surface area contributed by atoms with Crippen molar-refractivity contribution >= 4 is 45.3 Å². The average molecular weight is 299 g/mol. The molecule has 2 amide bonds. The second-order valence-corrected chi connectivity index (χ2v) is 5.48. The molecule has 1 fully saturated rings. The number of hydrogen-bond donors (Lipinski definition) is 1. The van der Waals surface area contributed by atoms with Gasteiger partial charge in [-0.2, -0.15) is 0 Å². The number of imide groups is 1. The van der Waals surface area contributed by atoms with E-state index in [0.717, 1.165) is 28.0 Å². The minimum atomic E-state index is -0.498. The van der Waals surface area contributed by atoms with E-state index >= 15 is 0 Å². The number of rotatable bonds is 4. The fourth-order valence-electron chi connectivity index (χ4n) is 1.48. The Kier molecular flexibility index (Phi) is 3.98. The summed E-state index contributed by atoms with van der Waals surface area (Å²) in [5.74, 6) is -0.408. The van der Waals surface area contributed by atoms with Crippen LogP contribution in [0.5, 0.6) is 0 Å². The van der Waals surface area contributed by atoms with Gasteiger partial charge >= 0.3 is 5.00 Å². The smallest absolute Gasteiger partial charge is 0.324 e. The lowest BCUT2D eigenvalue weighted by Gasteiger charge is -2.09. The molecule has 2 N–H and O–H groups in total. The average Bonchev–Trinajstić information content (AvgIpc) is 2.91. The summed E-state index contributed by atoms with van der Waals surface area (Å²) < 4.78 is 0. The van der Waals surface area contributed by atoms with E-state index in [1.807, 2.05) is 0 Å². The van der Waals surface area contributed by atoms with Crippen LogP contribution in [0.15, 0.2) is 16.4 Å². The van der Waals surface area contributed by atoms with Crippen molar-refractivity contribution < 1.29 is 14.5 Å². The quantitative estimate of drug-likeness (QED) is 0.514. The largest absolute Gasteiger partial charge is 0.329 e. The Balaban J connectivity index is 2.22. The SMILES string of the molecule is NCCN1C(=O)S/C(=C\c2csc([N+](=O)[O-])c2)C1=O. The number of carbonyl (C=O) groups is 2. The second-order valence-electron chi connectivity index (χ2n) is 3.60. The molecule has 19 heavy (non-hydrogen) atoms. The highest BCUT2D eigenvalue weighted by molar-refractivity contribution is 8.18. The molecular weight excluding hydrogens is 290 g/mol. The van der Waals surface area contributed by atoms with Gasteiger partial charge in [-0.25, -0.2) is 0 Å². The molecule has 1 aromatic rings. The number of carbonyl (C=O) groups excluding carboxylic acids is 2. The van der Waals surface area contributed by atoms with E-state index in [1.165, 1.54) is 12.1 Å².